The largest absolute Gasteiger partial charge is 0.383 e. The molecule has 0 radical (unpaired) electrons. The summed E-state index contributed by atoms with van der Waals surface area (Å²) < 4.78 is 13.4. The van der Waals surface area contributed by atoms with Crippen LogP contribution in [0, 0.1) is 17.1 Å². The highest BCUT2D eigenvalue weighted by Gasteiger charge is 2.41. The van der Waals surface area contributed by atoms with E-state index in [0.29, 0.717) is 23.8 Å². The van der Waals surface area contributed by atoms with Crippen molar-refractivity contribution < 1.29 is 4.39 Å². The molecule has 138 valence electrons. The molecule has 1 aromatic carbocycles. The fourth-order valence-electron chi connectivity index (χ4n) is 4.86. The summed E-state index contributed by atoms with van der Waals surface area (Å²) in [6, 6.07) is 8.77. The van der Waals surface area contributed by atoms with Gasteiger partial charge in [0.1, 0.15) is 17.7 Å². The summed E-state index contributed by atoms with van der Waals surface area (Å²) in [6.07, 6.45) is 2.18. The molecule has 0 amide bonds. The Morgan fingerprint density at radius 1 is 1.22 bits per heavy atom. The Hall–Kier alpha value is -2.69. The van der Waals surface area contributed by atoms with Gasteiger partial charge in [-0.3, -0.25) is 5.43 Å². The van der Waals surface area contributed by atoms with Gasteiger partial charge in [0.2, 0.25) is 0 Å². The van der Waals surface area contributed by atoms with Crippen LogP contribution in [0.4, 0.5) is 15.9 Å². The molecule has 0 saturated carbocycles. The third-order valence-corrected chi connectivity index (χ3v) is 6.16. The van der Waals surface area contributed by atoms with Crippen LogP contribution in [-0.4, -0.2) is 24.6 Å². The number of anilines is 2. The average molecular weight is 364 g/mol. The number of hydrogen-bond donors (Lipinski definition) is 3. The maximum absolute atomic E-state index is 13.4. The van der Waals surface area contributed by atoms with E-state index < -0.39 is 0 Å². The number of rotatable bonds is 2. The van der Waals surface area contributed by atoms with Gasteiger partial charge in [-0.2, -0.15) is 5.26 Å². The second-order valence-corrected chi connectivity index (χ2v) is 7.55. The van der Waals surface area contributed by atoms with Gasteiger partial charge in [0.15, 0.2) is 0 Å². The van der Waals surface area contributed by atoms with Gasteiger partial charge >= 0.3 is 0 Å². The molecular weight excluding hydrogens is 343 g/mol. The molecule has 7 heteroatoms. The van der Waals surface area contributed by atoms with E-state index in [1.165, 1.54) is 12.1 Å². The number of piperidine rings is 1. The van der Waals surface area contributed by atoms with Crippen molar-refractivity contribution in [2.45, 2.75) is 30.7 Å². The number of fused-ring (bicyclic) bond motifs is 2. The summed E-state index contributed by atoms with van der Waals surface area (Å²) >= 11 is 0. The molecule has 2 fully saturated rings. The molecule has 4 aliphatic rings. The van der Waals surface area contributed by atoms with Gasteiger partial charge in [0, 0.05) is 37.0 Å². The zero-order chi connectivity index (χ0) is 18.5. The minimum atomic E-state index is -0.257. The molecule has 2 atom stereocenters. The smallest absolute Gasteiger partial charge is 0.142 e. The molecule has 2 saturated heterocycles. The third kappa shape index (κ3) is 2.48. The topological polar surface area (TPSA) is 90.0 Å². The molecule has 1 aromatic heterocycles. The fourth-order valence-corrected chi connectivity index (χ4v) is 4.86. The number of hydrogen-bond acceptors (Lipinski definition) is 6. The van der Waals surface area contributed by atoms with Crippen LogP contribution in [-0.2, 0) is 0 Å². The molecule has 2 bridgehead atoms. The SMILES string of the molecule is N#Cc1c(N)nc2c(c1C1CNNC1c1ccc(F)cc1)N1CCC2CC1. The predicted octanol–water partition coefficient (Wildman–Crippen LogP) is 2.30. The van der Waals surface area contributed by atoms with Crippen LogP contribution in [0.2, 0.25) is 0 Å². The summed E-state index contributed by atoms with van der Waals surface area (Å²) in [5.41, 5.74) is 17.3. The molecule has 0 spiro atoms. The van der Waals surface area contributed by atoms with E-state index in [2.05, 4.69) is 26.8 Å². The molecule has 2 unspecified atom stereocenters. The van der Waals surface area contributed by atoms with E-state index >= 15 is 0 Å². The Morgan fingerprint density at radius 2 is 1.96 bits per heavy atom. The standard InChI is InChI=1S/C20H21FN6/c21-13-3-1-11(2-4-13)17-15(10-24-26-17)16-14(9-22)20(23)25-18-12-5-7-27(8-6-12)19(16)18/h1-4,12,15,17,24,26H,5-8,10H2,(H2,23,25). The van der Waals surface area contributed by atoms with Gasteiger partial charge in [0.05, 0.1) is 23.0 Å². The Kier molecular flexibility index (Phi) is 3.78. The van der Waals surface area contributed by atoms with Gasteiger partial charge in [-0.1, -0.05) is 12.1 Å². The van der Waals surface area contributed by atoms with Crippen LogP contribution in [0.25, 0.3) is 0 Å². The monoisotopic (exact) mass is 364 g/mol. The molecule has 2 aromatic rings. The number of hydrazine groups is 1. The van der Waals surface area contributed by atoms with Crippen LogP contribution in [0.1, 0.15) is 53.1 Å². The lowest BCUT2D eigenvalue weighted by atomic mass is 9.79. The van der Waals surface area contributed by atoms with Gasteiger partial charge in [0.25, 0.3) is 0 Å². The van der Waals surface area contributed by atoms with E-state index in [4.69, 9.17) is 5.73 Å². The van der Waals surface area contributed by atoms with Crippen molar-refractivity contribution >= 4 is 11.5 Å². The predicted molar refractivity (Wildman–Crippen MR) is 101 cm³/mol. The molecule has 6 nitrogen and oxygen atoms in total. The number of nitrogens with one attached hydrogen (secondary N) is 2. The minimum absolute atomic E-state index is 0.0171. The van der Waals surface area contributed by atoms with E-state index in [0.717, 1.165) is 48.4 Å². The minimum Gasteiger partial charge on any atom is -0.383 e. The van der Waals surface area contributed by atoms with Gasteiger partial charge < -0.3 is 10.6 Å². The second-order valence-electron chi connectivity index (χ2n) is 7.55. The normalized spacial score (nSPS) is 24.1. The highest BCUT2D eigenvalue weighted by molar-refractivity contribution is 5.72. The van der Waals surface area contributed by atoms with E-state index in [-0.39, 0.29) is 17.8 Å². The van der Waals surface area contributed by atoms with Crippen LogP contribution >= 0.6 is 0 Å². The number of benzene rings is 1. The van der Waals surface area contributed by atoms with E-state index in [1.54, 1.807) is 12.1 Å². The number of nitrogens with zero attached hydrogens (tertiary/aromatic N) is 3. The Morgan fingerprint density at radius 3 is 2.67 bits per heavy atom. The van der Waals surface area contributed by atoms with Crippen molar-refractivity contribution in [3.8, 4) is 6.07 Å². The van der Waals surface area contributed by atoms with E-state index in [1.807, 2.05) is 0 Å². The van der Waals surface area contributed by atoms with Crippen molar-refractivity contribution in [2.24, 2.45) is 0 Å². The number of halogens is 1. The zero-order valence-electron chi connectivity index (χ0n) is 14.9. The second kappa shape index (κ2) is 6.19. The highest BCUT2D eigenvalue weighted by atomic mass is 19.1. The quantitative estimate of drug-likeness (QED) is 0.758. The first kappa shape index (κ1) is 16.5. The third-order valence-electron chi connectivity index (χ3n) is 6.16. The lowest BCUT2D eigenvalue weighted by molar-refractivity contribution is 0.458. The number of pyridine rings is 1. The summed E-state index contributed by atoms with van der Waals surface area (Å²) in [7, 11) is 0. The Balaban J connectivity index is 1.68. The molecule has 0 aliphatic carbocycles. The van der Waals surface area contributed by atoms with Crippen molar-refractivity contribution in [1.82, 2.24) is 15.8 Å². The Bertz CT molecular complexity index is 927. The molecular formula is C20H21FN6. The summed E-state index contributed by atoms with van der Waals surface area (Å²) in [6.45, 7) is 2.66. The molecule has 27 heavy (non-hydrogen) atoms. The van der Waals surface area contributed by atoms with Crippen LogP contribution < -0.4 is 21.5 Å². The molecule has 4 N–H and O–H groups in total. The number of aromatic nitrogens is 1. The van der Waals surface area contributed by atoms with Crippen LogP contribution in [0.15, 0.2) is 24.3 Å². The summed E-state index contributed by atoms with van der Waals surface area (Å²) in [5, 5.41) is 9.85. The first-order chi connectivity index (χ1) is 13.2. The number of nitrogen functional groups attached to an aromatic ring is 1. The number of nitrogens with two attached hydrogens (primary N) is 1. The maximum atomic E-state index is 13.4. The van der Waals surface area contributed by atoms with Crippen molar-refractivity contribution in [3.63, 3.8) is 0 Å². The number of nitriles is 1. The Labute approximate surface area is 157 Å². The molecule has 4 aliphatic heterocycles. The summed E-state index contributed by atoms with van der Waals surface area (Å²) in [5.74, 6) is 0.506. The molecule has 5 heterocycles. The maximum Gasteiger partial charge on any atom is 0.142 e. The van der Waals surface area contributed by atoms with Crippen molar-refractivity contribution in [3.05, 3.63) is 52.5 Å². The first-order valence-corrected chi connectivity index (χ1v) is 9.39. The lowest BCUT2D eigenvalue weighted by Crippen LogP contribution is -2.41. The van der Waals surface area contributed by atoms with Crippen LogP contribution in [0.5, 0.6) is 0 Å². The van der Waals surface area contributed by atoms with Crippen LogP contribution in [0.3, 0.4) is 0 Å². The van der Waals surface area contributed by atoms with Crippen molar-refractivity contribution in [1.29, 1.82) is 5.26 Å². The lowest BCUT2D eigenvalue weighted by Gasteiger charge is -2.43. The van der Waals surface area contributed by atoms with E-state index in [9.17, 15) is 9.65 Å². The first-order valence-electron chi connectivity index (χ1n) is 9.39. The van der Waals surface area contributed by atoms with Gasteiger partial charge in [-0.15, -0.1) is 0 Å². The highest BCUT2D eigenvalue weighted by Crippen LogP contribution is 2.49. The van der Waals surface area contributed by atoms with Crippen molar-refractivity contribution in [2.75, 3.05) is 30.3 Å². The van der Waals surface area contributed by atoms with Gasteiger partial charge in [-0.05, 0) is 30.5 Å². The van der Waals surface area contributed by atoms with Gasteiger partial charge in [-0.25, -0.2) is 14.8 Å². The summed E-state index contributed by atoms with van der Waals surface area (Å²) in [4.78, 5) is 6.99. The zero-order valence-corrected chi connectivity index (χ0v) is 14.9. The fraction of sp³-hybridized carbons (Fsp3) is 0.400. The molecule has 6 rings (SSSR count). The average Bonchev–Trinajstić information content (AvgIpc) is 3.17.